The molecule has 0 fully saturated rings. The Morgan fingerprint density at radius 3 is 2.46 bits per heavy atom. The first kappa shape index (κ1) is 20.6. The van der Waals surface area contributed by atoms with E-state index in [1.165, 1.54) is 13.0 Å². The molecule has 2 aromatic rings. The number of carbonyl (C=O) groups is 1. The van der Waals surface area contributed by atoms with Gasteiger partial charge >= 0.3 is 0 Å². The van der Waals surface area contributed by atoms with Gasteiger partial charge in [0.05, 0.1) is 11.9 Å². The van der Waals surface area contributed by atoms with Gasteiger partial charge in [-0.15, -0.1) is 0 Å². The molecule has 0 heterocycles. The van der Waals surface area contributed by atoms with Gasteiger partial charge in [-0.05, 0) is 43.2 Å². The number of rotatable bonds is 6. The zero-order valence-corrected chi connectivity index (χ0v) is 17.0. The van der Waals surface area contributed by atoms with Crippen LogP contribution in [0.15, 0.2) is 42.5 Å². The van der Waals surface area contributed by atoms with Crippen LogP contribution in [-0.2, 0) is 21.4 Å². The van der Waals surface area contributed by atoms with Crippen LogP contribution in [0.3, 0.4) is 0 Å². The maximum absolute atomic E-state index is 12.6. The molecule has 26 heavy (non-hydrogen) atoms. The molecule has 8 heteroatoms. The molecule has 5 nitrogen and oxygen atoms in total. The normalized spacial score (nSPS) is 12.5. The number of nitrogens with zero attached hydrogens (tertiary/aromatic N) is 1. The highest BCUT2D eigenvalue weighted by Crippen LogP contribution is 2.28. The fourth-order valence-electron chi connectivity index (χ4n) is 2.57. The van der Waals surface area contributed by atoms with Crippen LogP contribution in [0.25, 0.3) is 0 Å². The van der Waals surface area contributed by atoms with Gasteiger partial charge in [-0.1, -0.05) is 47.5 Å². The van der Waals surface area contributed by atoms with Crippen LogP contribution < -0.4 is 9.62 Å². The van der Waals surface area contributed by atoms with Crippen molar-refractivity contribution >= 4 is 44.8 Å². The Bertz CT molecular complexity index is 916. The number of halogens is 2. The Hall–Kier alpha value is -1.76. The largest absolute Gasteiger partial charge is 0.350 e. The molecule has 0 saturated heterocycles. The van der Waals surface area contributed by atoms with E-state index in [2.05, 4.69) is 5.32 Å². The molecule has 2 aromatic carbocycles. The minimum absolute atomic E-state index is 0.203. The molecule has 0 spiro atoms. The maximum atomic E-state index is 12.6. The second-order valence-electron chi connectivity index (χ2n) is 5.97. The van der Waals surface area contributed by atoms with E-state index in [4.69, 9.17) is 23.2 Å². The average molecular weight is 415 g/mol. The topological polar surface area (TPSA) is 66.5 Å². The molecule has 0 bridgehead atoms. The number of amides is 1. The Morgan fingerprint density at radius 1 is 1.19 bits per heavy atom. The number of sulfonamides is 1. The van der Waals surface area contributed by atoms with E-state index in [-0.39, 0.29) is 6.54 Å². The van der Waals surface area contributed by atoms with Crippen molar-refractivity contribution in [3.63, 3.8) is 0 Å². The molecule has 0 unspecified atom stereocenters. The Labute approximate surface area is 164 Å². The SMILES string of the molecule is Cc1ccc(Cl)cc1N([C@H](C)C(=O)NCc1ccccc1Cl)S(C)(=O)=O. The second-order valence-corrected chi connectivity index (χ2v) is 8.68. The molecular weight excluding hydrogens is 395 g/mol. The van der Waals surface area contributed by atoms with E-state index in [0.29, 0.717) is 21.3 Å². The maximum Gasteiger partial charge on any atom is 0.243 e. The highest BCUT2D eigenvalue weighted by molar-refractivity contribution is 7.92. The summed E-state index contributed by atoms with van der Waals surface area (Å²) in [6, 6.07) is 11.1. The molecular formula is C18H20Cl2N2O3S. The van der Waals surface area contributed by atoms with E-state index in [0.717, 1.165) is 16.1 Å². The number of aryl methyl sites for hydroxylation is 1. The standard InChI is InChI=1S/C18H20Cl2N2O3S/c1-12-8-9-15(19)10-17(12)22(26(3,24)25)13(2)18(23)21-11-14-6-4-5-7-16(14)20/h4-10,13H,11H2,1-3H3,(H,21,23)/t13-/m1/s1. The molecule has 2 rings (SSSR count). The number of hydrogen-bond acceptors (Lipinski definition) is 3. The van der Waals surface area contributed by atoms with E-state index >= 15 is 0 Å². The van der Waals surface area contributed by atoms with Crippen LogP contribution in [0.4, 0.5) is 5.69 Å². The van der Waals surface area contributed by atoms with Crippen molar-refractivity contribution in [2.45, 2.75) is 26.4 Å². The summed E-state index contributed by atoms with van der Waals surface area (Å²) in [4.78, 5) is 12.6. The number of nitrogens with one attached hydrogen (secondary N) is 1. The zero-order valence-electron chi connectivity index (χ0n) is 14.7. The summed E-state index contributed by atoms with van der Waals surface area (Å²) < 4.78 is 25.8. The summed E-state index contributed by atoms with van der Waals surface area (Å²) in [6.45, 7) is 3.50. The van der Waals surface area contributed by atoms with Gasteiger partial charge in [0.1, 0.15) is 6.04 Å². The fourth-order valence-corrected chi connectivity index (χ4v) is 4.17. The fraction of sp³-hybridized carbons (Fsp3) is 0.278. The average Bonchev–Trinajstić information content (AvgIpc) is 2.56. The molecule has 1 amide bonds. The lowest BCUT2D eigenvalue weighted by atomic mass is 10.1. The van der Waals surface area contributed by atoms with Gasteiger partial charge in [0, 0.05) is 16.6 Å². The molecule has 0 aromatic heterocycles. The van der Waals surface area contributed by atoms with E-state index in [9.17, 15) is 13.2 Å². The molecule has 0 saturated carbocycles. The summed E-state index contributed by atoms with van der Waals surface area (Å²) in [6.07, 6.45) is 1.06. The van der Waals surface area contributed by atoms with Gasteiger partial charge in [0.2, 0.25) is 15.9 Å². The van der Waals surface area contributed by atoms with Gasteiger partial charge in [-0.2, -0.15) is 0 Å². The Balaban J connectivity index is 2.27. The van der Waals surface area contributed by atoms with Crippen molar-refractivity contribution < 1.29 is 13.2 Å². The zero-order chi connectivity index (χ0) is 19.5. The van der Waals surface area contributed by atoms with Crippen molar-refractivity contribution in [3.8, 4) is 0 Å². The summed E-state index contributed by atoms with van der Waals surface area (Å²) in [5.41, 5.74) is 1.82. The quantitative estimate of drug-likeness (QED) is 0.781. The van der Waals surface area contributed by atoms with E-state index in [1.807, 2.05) is 6.07 Å². The predicted octanol–water partition coefficient (Wildman–Crippen LogP) is 3.77. The van der Waals surface area contributed by atoms with Crippen LogP contribution in [0.5, 0.6) is 0 Å². The van der Waals surface area contributed by atoms with Crippen LogP contribution in [-0.4, -0.2) is 26.6 Å². The Kier molecular flexibility index (Phi) is 6.55. The first-order valence-corrected chi connectivity index (χ1v) is 10.5. The predicted molar refractivity (Wildman–Crippen MR) is 106 cm³/mol. The lowest BCUT2D eigenvalue weighted by Gasteiger charge is -2.29. The van der Waals surface area contributed by atoms with Crippen LogP contribution in [0.1, 0.15) is 18.1 Å². The Morgan fingerprint density at radius 2 is 1.85 bits per heavy atom. The molecule has 1 N–H and O–H groups in total. The minimum atomic E-state index is -3.70. The number of carbonyl (C=O) groups excluding carboxylic acids is 1. The summed E-state index contributed by atoms with van der Waals surface area (Å²) in [5, 5.41) is 3.66. The first-order chi connectivity index (χ1) is 12.1. The third-order valence-corrected chi connectivity index (χ3v) is 5.74. The van der Waals surface area contributed by atoms with Crippen molar-refractivity contribution in [1.82, 2.24) is 5.32 Å². The van der Waals surface area contributed by atoms with Crippen molar-refractivity contribution in [3.05, 3.63) is 63.6 Å². The molecule has 140 valence electrons. The molecule has 0 aliphatic rings. The molecule has 1 atom stereocenters. The van der Waals surface area contributed by atoms with E-state index in [1.54, 1.807) is 37.3 Å². The van der Waals surface area contributed by atoms with Crippen molar-refractivity contribution in [2.24, 2.45) is 0 Å². The number of benzene rings is 2. The van der Waals surface area contributed by atoms with E-state index < -0.39 is 22.0 Å². The van der Waals surface area contributed by atoms with Gasteiger partial charge < -0.3 is 5.32 Å². The van der Waals surface area contributed by atoms with Crippen LogP contribution in [0.2, 0.25) is 10.0 Å². The van der Waals surface area contributed by atoms with Crippen LogP contribution in [0, 0.1) is 6.92 Å². The van der Waals surface area contributed by atoms with Crippen molar-refractivity contribution in [1.29, 1.82) is 0 Å². The monoisotopic (exact) mass is 414 g/mol. The smallest absolute Gasteiger partial charge is 0.243 e. The highest BCUT2D eigenvalue weighted by atomic mass is 35.5. The summed E-state index contributed by atoms with van der Waals surface area (Å²) >= 11 is 12.1. The third-order valence-electron chi connectivity index (χ3n) is 3.91. The number of anilines is 1. The molecule has 0 aliphatic heterocycles. The van der Waals surface area contributed by atoms with Gasteiger partial charge in [-0.25, -0.2) is 8.42 Å². The lowest BCUT2D eigenvalue weighted by Crippen LogP contribution is -2.48. The number of hydrogen-bond donors (Lipinski definition) is 1. The van der Waals surface area contributed by atoms with Gasteiger partial charge in [-0.3, -0.25) is 9.10 Å². The molecule has 0 radical (unpaired) electrons. The highest BCUT2D eigenvalue weighted by Gasteiger charge is 2.30. The summed E-state index contributed by atoms with van der Waals surface area (Å²) in [5.74, 6) is -0.435. The summed E-state index contributed by atoms with van der Waals surface area (Å²) in [7, 11) is -3.70. The third kappa shape index (κ3) is 4.90. The van der Waals surface area contributed by atoms with Gasteiger partial charge in [0.15, 0.2) is 0 Å². The van der Waals surface area contributed by atoms with Crippen LogP contribution >= 0.6 is 23.2 Å². The second kappa shape index (κ2) is 8.29. The van der Waals surface area contributed by atoms with Crippen molar-refractivity contribution in [2.75, 3.05) is 10.6 Å². The minimum Gasteiger partial charge on any atom is -0.350 e. The first-order valence-electron chi connectivity index (χ1n) is 7.88. The molecule has 0 aliphatic carbocycles. The lowest BCUT2D eigenvalue weighted by molar-refractivity contribution is -0.122. The van der Waals surface area contributed by atoms with Gasteiger partial charge in [0.25, 0.3) is 0 Å².